The highest BCUT2D eigenvalue weighted by atomic mass is 127. The van der Waals surface area contributed by atoms with Gasteiger partial charge in [0.1, 0.15) is 0 Å². The third-order valence-corrected chi connectivity index (χ3v) is 5.52. The van der Waals surface area contributed by atoms with E-state index in [2.05, 4.69) is 6.92 Å². The van der Waals surface area contributed by atoms with Gasteiger partial charge in [-0.05, 0) is 58.0 Å². The van der Waals surface area contributed by atoms with Gasteiger partial charge in [-0.15, -0.1) is 0 Å². The first-order chi connectivity index (χ1) is 6.89. The highest BCUT2D eigenvalue weighted by Gasteiger charge is 2.25. The van der Waals surface area contributed by atoms with Crippen molar-refractivity contribution in [3.8, 4) is 0 Å². The maximum absolute atomic E-state index is 8.94. The summed E-state index contributed by atoms with van der Waals surface area (Å²) in [4.78, 5) is 0. The first kappa shape index (κ1) is 16.1. The number of allylic oxidation sites excluding steroid dienone is 1. The molecule has 3 N–H and O–H groups in total. The molecule has 15 heavy (non-hydrogen) atoms. The number of hydrogen-bond donors (Lipinski definition) is 3. The number of aliphatic hydroxyl groups is 3. The Bertz CT molecular complexity index is 209. The van der Waals surface area contributed by atoms with Crippen molar-refractivity contribution in [3.05, 3.63) is 7.16 Å². The van der Waals surface area contributed by atoms with Gasteiger partial charge in [-0.25, -0.2) is 0 Å². The smallest absolute Gasteiger partial charge is 0.311 e. The normalized spacial score (nSPS) is 14.0. The Hall–Kier alpha value is 1.08. The van der Waals surface area contributed by atoms with E-state index in [4.69, 9.17) is 15.3 Å². The molecular formula is C10H18I2O3. The minimum atomic E-state index is -2.67. The van der Waals surface area contributed by atoms with Crippen LogP contribution in [-0.4, -0.2) is 21.3 Å². The highest BCUT2D eigenvalue weighted by Crippen LogP contribution is 2.30. The van der Waals surface area contributed by atoms with Crippen molar-refractivity contribution >= 4 is 45.2 Å². The van der Waals surface area contributed by atoms with Crippen LogP contribution in [0.5, 0.6) is 0 Å². The lowest BCUT2D eigenvalue weighted by atomic mass is 10.1. The second kappa shape index (κ2) is 8.21. The van der Waals surface area contributed by atoms with Crippen molar-refractivity contribution in [1.82, 2.24) is 0 Å². The Labute approximate surface area is 118 Å². The lowest BCUT2D eigenvalue weighted by Gasteiger charge is -2.15. The topological polar surface area (TPSA) is 60.7 Å². The summed E-state index contributed by atoms with van der Waals surface area (Å²) in [6.45, 7) is 2.17. The highest BCUT2D eigenvalue weighted by molar-refractivity contribution is 14.1. The molecular weight excluding hydrogens is 422 g/mol. The van der Waals surface area contributed by atoms with Gasteiger partial charge in [0, 0.05) is 3.58 Å². The van der Waals surface area contributed by atoms with Gasteiger partial charge in [0.25, 0.3) is 0 Å². The molecule has 3 nitrogen and oxygen atoms in total. The van der Waals surface area contributed by atoms with Crippen LogP contribution < -0.4 is 0 Å². The molecule has 0 aromatic heterocycles. The van der Waals surface area contributed by atoms with E-state index in [1.165, 1.54) is 19.3 Å². The molecule has 0 unspecified atom stereocenters. The second-order valence-corrected chi connectivity index (χ2v) is 5.90. The van der Waals surface area contributed by atoms with E-state index in [0.29, 0.717) is 0 Å². The Morgan fingerprint density at radius 3 is 2.00 bits per heavy atom. The lowest BCUT2D eigenvalue weighted by molar-refractivity contribution is -0.275. The Balaban J connectivity index is 3.87. The van der Waals surface area contributed by atoms with Crippen LogP contribution in [-0.2, 0) is 0 Å². The minimum absolute atomic E-state index is 0.205. The van der Waals surface area contributed by atoms with Gasteiger partial charge in [0.05, 0.1) is 3.58 Å². The molecule has 0 atom stereocenters. The Morgan fingerprint density at radius 2 is 1.53 bits per heavy atom. The predicted molar refractivity (Wildman–Crippen MR) is 77.8 cm³/mol. The monoisotopic (exact) mass is 440 g/mol. The van der Waals surface area contributed by atoms with Crippen LogP contribution in [0.15, 0.2) is 7.16 Å². The zero-order valence-electron chi connectivity index (χ0n) is 8.84. The fourth-order valence-electron chi connectivity index (χ4n) is 1.18. The van der Waals surface area contributed by atoms with Crippen molar-refractivity contribution in [3.63, 3.8) is 0 Å². The second-order valence-electron chi connectivity index (χ2n) is 3.52. The van der Waals surface area contributed by atoms with Crippen molar-refractivity contribution < 1.29 is 15.3 Å². The van der Waals surface area contributed by atoms with E-state index in [1.807, 2.05) is 22.6 Å². The summed E-state index contributed by atoms with van der Waals surface area (Å²) in [5, 5.41) is 26.8. The number of hydrogen-bond acceptors (Lipinski definition) is 3. The van der Waals surface area contributed by atoms with Gasteiger partial charge in [-0.1, -0.05) is 32.6 Å². The van der Waals surface area contributed by atoms with E-state index in [9.17, 15) is 0 Å². The van der Waals surface area contributed by atoms with Gasteiger partial charge >= 0.3 is 5.97 Å². The maximum atomic E-state index is 8.94. The molecule has 90 valence electrons. The average molecular weight is 440 g/mol. The van der Waals surface area contributed by atoms with Crippen LogP contribution in [0.25, 0.3) is 0 Å². The Morgan fingerprint density at radius 1 is 1.00 bits per heavy atom. The quantitative estimate of drug-likeness (QED) is 0.324. The standard InChI is InChI=1S/C10H18I2O3/c1-2-3-4-5-6-7-8(11)9(12)10(13,14)15/h13-15H,2-7H2,1H3. The molecule has 0 aromatic carbocycles. The molecule has 0 fully saturated rings. The molecule has 0 rings (SSSR count). The summed E-state index contributed by atoms with van der Waals surface area (Å²) < 4.78 is 1.02. The fraction of sp³-hybridized carbons (Fsp3) is 0.800. The van der Waals surface area contributed by atoms with Gasteiger partial charge in [-0.3, -0.25) is 0 Å². The third kappa shape index (κ3) is 7.89. The molecule has 0 spiro atoms. The zero-order valence-corrected chi connectivity index (χ0v) is 13.2. The minimum Gasteiger partial charge on any atom is -0.339 e. The first-order valence-corrected chi connectivity index (χ1v) is 7.27. The molecule has 0 aliphatic heterocycles. The molecule has 0 saturated carbocycles. The molecule has 5 heteroatoms. The Kier molecular flexibility index (Phi) is 8.80. The van der Waals surface area contributed by atoms with Gasteiger partial charge in [-0.2, -0.15) is 0 Å². The van der Waals surface area contributed by atoms with Crippen LogP contribution in [0.4, 0.5) is 0 Å². The average Bonchev–Trinajstić information content (AvgIpc) is 2.14. The van der Waals surface area contributed by atoms with Crippen molar-refractivity contribution in [2.75, 3.05) is 0 Å². The molecule has 0 saturated heterocycles. The van der Waals surface area contributed by atoms with Crippen LogP contribution in [0.2, 0.25) is 0 Å². The van der Waals surface area contributed by atoms with E-state index >= 15 is 0 Å². The molecule has 0 bridgehead atoms. The SMILES string of the molecule is CCCCCCCC(I)=C(I)C(O)(O)O. The zero-order chi connectivity index (χ0) is 11.9. The van der Waals surface area contributed by atoms with Crippen LogP contribution in [0, 0.1) is 0 Å². The van der Waals surface area contributed by atoms with Crippen molar-refractivity contribution in [2.24, 2.45) is 0 Å². The molecule has 0 aliphatic carbocycles. The summed E-state index contributed by atoms with van der Waals surface area (Å²) in [5.41, 5.74) is 0. The maximum Gasteiger partial charge on any atom is 0.311 e. The molecule has 0 aromatic rings. The predicted octanol–water partition coefficient (Wildman–Crippen LogP) is 3.06. The van der Waals surface area contributed by atoms with Gasteiger partial charge in [0.2, 0.25) is 0 Å². The van der Waals surface area contributed by atoms with E-state index < -0.39 is 5.97 Å². The molecule has 0 aliphatic rings. The molecule has 0 radical (unpaired) electrons. The fourth-order valence-corrected chi connectivity index (χ4v) is 2.19. The van der Waals surface area contributed by atoms with Crippen LogP contribution in [0.3, 0.4) is 0 Å². The van der Waals surface area contributed by atoms with Gasteiger partial charge in [0.15, 0.2) is 0 Å². The summed E-state index contributed by atoms with van der Waals surface area (Å²) in [5.74, 6) is -2.67. The lowest BCUT2D eigenvalue weighted by Crippen LogP contribution is -2.27. The summed E-state index contributed by atoms with van der Waals surface area (Å²) in [6.07, 6.45) is 6.67. The van der Waals surface area contributed by atoms with Crippen molar-refractivity contribution in [1.29, 1.82) is 0 Å². The molecule has 0 heterocycles. The largest absolute Gasteiger partial charge is 0.339 e. The van der Waals surface area contributed by atoms with E-state index in [1.54, 1.807) is 22.6 Å². The van der Waals surface area contributed by atoms with E-state index in [0.717, 1.165) is 22.8 Å². The number of unbranched alkanes of at least 4 members (excludes halogenated alkanes) is 4. The number of halogens is 2. The van der Waals surface area contributed by atoms with Crippen LogP contribution >= 0.6 is 45.2 Å². The van der Waals surface area contributed by atoms with Gasteiger partial charge < -0.3 is 15.3 Å². The molecule has 0 amide bonds. The summed E-state index contributed by atoms with van der Waals surface area (Å²) in [7, 11) is 0. The van der Waals surface area contributed by atoms with E-state index in [-0.39, 0.29) is 3.58 Å². The number of rotatable bonds is 7. The summed E-state index contributed by atoms with van der Waals surface area (Å²) >= 11 is 3.81. The third-order valence-electron chi connectivity index (χ3n) is 2.03. The summed E-state index contributed by atoms with van der Waals surface area (Å²) in [6, 6.07) is 0. The van der Waals surface area contributed by atoms with Crippen LogP contribution in [0.1, 0.15) is 45.4 Å². The van der Waals surface area contributed by atoms with Crippen molar-refractivity contribution in [2.45, 2.75) is 51.4 Å². The first-order valence-electron chi connectivity index (χ1n) is 5.11.